The molecule has 4 aliphatic rings. The Kier molecular flexibility index (Phi) is 5.04. The van der Waals surface area contributed by atoms with Gasteiger partial charge in [0.1, 0.15) is 5.75 Å². The van der Waals surface area contributed by atoms with E-state index in [-0.39, 0.29) is 17.5 Å². The Labute approximate surface area is 164 Å². The van der Waals surface area contributed by atoms with Gasteiger partial charge in [-0.25, -0.2) is 0 Å². The van der Waals surface area contributed by atoms with Crippen molar-refractivity contribution in [1.29, 1.82) is 0 Å². The first-order valence-electron chi connectivity index (χ1n) is 9.84. The topological polar surface area (TPSA) is 50.4 Å². The highest BCUT2D eigenvalue weighted by Gasteiger charge is 2.51. The second-order valence-electron chi connectivity index (χ2n) is 8.74. The molecule has 4 saturated carbocycles. The van der Waals surface area contributed by atoms with Gasteiger partial charge in [0.2, 0.25) is 5.91 Å². The van der Waals surface area contributed by atoms with Gasteiger partial charge in [0.15, 0.2) is 0 Å². The largest absolute Gasteiger partial charge is 0.496 e. The predicted molar refractivity (Wildman–Crippen MR) is 106 cm³/mol. The minimum atomic E-state index is 0.0971. The van der Waals surface area contributed by atoms with E-state index in [1.165, 1.54) is 38.5 Å². The molecule has 0 saturated heterocycles. The van der Waals surface area contributed by atoms with E-state index in [4.69, 9.17) is 4.74 Å². The van der Waals surface area contributed by atoms with Gasteiger partial charge >= 0.3 is 0 Å². The maximum atomic E-state index is 12.6. The molecule has 5 heteroatoms. The number of hydrogen-bond acceptors (Lipinski definition) is 3. The number of ether oxygens (including phenoxy) is 1. The van der Waals surface area contributed by atoms with Gasteiger partial charge in [-0.15, -0.1) is 0 Å². The van der Waals surface area contributed by atoms with Gasteiger partial charge in [-0.1, -0.05) is 6.07 Å². The second-order valence-corrected chi connectivity index (χ2v) is 9.60. The van der Waals surface area contributed by atoms with Crippen LogP contribution in [0.1, 0.15) is 57.1 Å². The Morgan fingerprint density at radius 1 is 1.23 bits per heavy atom. The molecule has 142 valence electrons. The SMILES string of the molecule is COc1ccc([C@@H](C)NCC(=O)NC23CC4CC(CC(C4)C2)C3)cc1Br. The fraction of sp³-hybridized carbons (Fsp3) is 0.667. The first-order chi connectivity index (χ1) is 12.5. The summed E-state index contributed by atoms with van der Waals surface area (Å²) in [7, 11) is 1.66. The van der Waals surface area contributed by atoms with Crippen LogP contribution in [0.2, 0.25) is 0 Å². The summed E-state index contributed by atoms with van der Waals surface area (Å²) in [5.41, 5.74) is 1.24. The molecular formula is C21H29BrN2O2. The molecule has 0 aromatic heterocycles. The lowest BCUT2D eigenvalue weighted by atomic mass is 9.53. The third-order valence-corrected chi connectivity index (χ3v) is 7.31. The molecule has 4 bridgehead atoms. The minimum Gasteiger partial charge on any atom is -0.496 e. The Morgan fingerprint density at radius 3 is 2.38 bits per heavy atom. The lowest BCUT2D eigenvalue weighted by Gasteiger charge is -2.56. The number of amides is 1. The van der Waals surface area contributed by atoms with Gasteiger partial charge in [0.05, 0.1) is 18.1 Å². The molecule has 1 atom stereocenters. The van der Waals surface area contributed by atoms with E-state index >= 15 is 0 Å². The third-order valence-electron chi connectivity index (χ3n) is 6.69. The lowest BCUT2D eigenvalue weighted by molar-refractivity contribution is -0.126. The third kappa shape index (κ3) is 3.65. The lowest BCUT2D eigenvalue weighted by Crippen LogP contribution is -2.60. The van der Waals surface area contributed by atoms with Crippen LogP contribution in [-0.4, -0.2) is 25.1 Å². The van der Waals surface area contributed by atoms with Gasteiger partial charge in [0.25, 0.3) is 0 Å². The van der Waals surface area contributed by atoms with Crippen LogP contribution in [0.3, 0.4) is 0 Å². The van der Waals surface area contributed by atoms with Crippen molar-refractivity contribution < 1.29 is 9.53 Å². The summed E-state index contributed by atoms with van der Waals surface area (Å²) in [6, 6.07) is 6.15. The van der Waals surface area contributed by atoms with Crippen molar-refractivity contribution in [2.75, 3.05) is 13.7 Å². The van der Waals surface area contributed by atoms with Crippen molar-refractivity contribution >= 4 is 21.8 Å². The zero-order chi connectivity index (χ0) is 18.3. The van der Waals surface area contributed by atoms with Crippen molar-refractivity contribution in [3.05, 3.63) is 28.2 Å². The Bertz CT molecular complexity index is 655. The molecule has 5 rings (SSSR count). The molecule has 0 unspecified atom stereocenters. The van der Waals surface area contributed by atoms with Gasteiger partial charge in [0, 0.05) is 11.6 Å². The number of hydrogen-bond donors (Lipinski definition) is 2. The fourth-order valence-corrected chi connectivity index (χ4v) is 6.48. The first-order valence-corrected chi connectivity index (χ1v) is 10.6. The average Bonchev–Trinajstić information content (AvgIpc) is 2.58. The molecule has 1 amide bonds. The summed E-state index contributed by atoms with van der Waals surface area (Å²) in [6.07, 6.45) is 7.80. The molecule has 0 aliphatic heterocycles. The fourth-order valence-electron chi connectivity index (χ4n) is 5.92. The van der Waals surface area contributed by atoms with Crippen molar-refractivity contribution in [2.24, 2.45) is 17.8 Å². The van der Waals surface area contributed by atoms with Crippen LogP contribution in [0.4, 0.5) is 0 Å². The molecule has 0 spiro atoms. The van der Waals surface area contributed by atoms with Crippen molar-refractivity contribution in [1.82, 2.24) is 10.6 Å². The average molecular weight is 421 g/mol. The summed E-state index contributed by atoms with van der Waals surface area (Å²) >= 11 is 3.53. The van der Waals surface area contributed by atoms with Crippen molar-refractivity contribution in [3.8, 4) is 5.75 Å². The summed E-state index contributed by atoms with van der Waals surface area (Å²) in [5, 5.41) is 6.80. The maximum absolute atomic E-state index is 12.6. The van der Waals surface area contributed by atoms with Crippen molar-refractivity contribution in [3.63, 3.8) is 0 Å². The summed E-state index contributed by atoms with van der Waals surface area (Å²) < 4.78 is 6.22. The van der Waals surface area contributed by atoms with E-state index in [9.17, 15) is 4.79 Å². The van der Waals surface area contributed by atoms with Gasteiger partial charge in [-0.3, -0.25) is 4.79 Å². The van der Waals surface area contributed by atoms with Gasteiger partial charge in [-0.05, 0) is 96.8 Å². The normalized spacial score (nSPS) is 33.1. The van der Waals surface area contributed by atoms with Crippen LogP contribution in [-0.2, 0) is 4.79 Å². The number of methoxy groups -OCH3 is 1. The molecule has 1 aromatic rings. The zero-order valence-electron chi connectivity index (χ0n) is 15.7. The molecule has 0 heterocycles. The highest BCUT2D eigenvalue weighted by molar-refractivity contribution is 9.10. The Balaban J connectivity index is 1.32. The number of carbonyl (C=O) groups excluding carboxylic acids is 1. The highest BCUT2D eigenvalue weighted by Crippen LogP contribution is 2.55. The highest BCUT2D eigenvalue weighted by atomic mass is 79.9. The van der Waals surface area contributed by atoms with E-state index in [0.29, 0.717) is 6.54 Å². The molecule has 1 aromatic carbocycles. The smallest absolute Gasteiger partial charge is 0.234 e. The van der Waals surface area contributed by atoms with Crippen LogP contribution in [0.25, 0.3) is 0 Å². The van der Waals surface area contributed by atoms with E-state index < -0.39 is 0 Å². The van der Waals surface area contributed by atoms with Crippen LogP contribution >= 0.6 is 15.9 Å². The monoisotopic (exact) mass is 420 g/mol. The molecule has 4 nitrogen and oxygen atoms in total. The second kappa shape index (κ2) is 7.16. The standard InChI is InChI=1S/C21H29BrN2O2/c1-13(17-3-4-19(26-2)18(22)8-17)23-12-20(25)24-21-9-14-5-15(10-21)7-16(6-14)11-21/h3-4,8,13-16,23H,5-7,9-12H2,1-2H3,(H,24,25)/t13-,14?,15?,16?,21?/m1/s1. The molecule has 2 N–H and O–H groups in total. The van der Waals surface area contributed by atoms with E-state index in [1.54, 1.807) is 7.11 Å². The zero-order valence-corrected chi connectivity index (χ0v) is 17.3. The molecule has 4 fully saturated rings. The number of rotatable bonds is 6. The molecular weight excluding hydrogens is 392 g/mol. The molecule has 26 heavy (non-hydrogen) atoms. The Morgan fingerprint density at radius 2 is 1.85 bits per heavy atom. The van der Waals surface area contributed by atoms with Crippen molar-refractivity contribution in [2.45, 2.75) is 57.0 Å². The Hall–Kier alpha value is -1.07. The summed E-state index contributed by atoms with van der Waals surface area (Å²) in [5.74, 6) is 3.52. The minimum absolute atomic E-state index is 0.0971. The predicted octanol–water partition coefficient (Wildman–Crippen LogP) is 4.19. The number of benzene rings is 1. The number of nitrogens with one attached hydrogen (secondary N) is 2. The first kappa shape index (κ1) is 18.3. The van der Waals surface area contributed by atoms with Crippen LogP contribution < -0.4 is 15.4 Å². The van der Waals surface area contributed by atoms with Crippen LogP contribution in [0.5, 0.6) is 5.75 Å². The molecule has 4 aliphatic carbocycles. The van der Waals surface area contributed by atoms with E-state index in [2.05, 4.69) is 33.5 Å². The van der Waals surface area contributed by atoms with Crippen LogP contribution in [0.15, 0.2) is 22.7 Å². The molecule has 0 radical (unpaired) electrons. The van der Waals surface area contributed by atoms with E-state index in [1.807, 2.05) is 18.2 Å². The van der Waals surface area contributed by atoms with Gasteiger partial charge < -0.3 is 15.4 Å². The quantitative estimate of drug-likeness (QED) is 0.724. The number of carbonyl (C=O) groups is 1. The number of halogens is 1. The van der Waals surface area contributed by atoms with Crippen LogP contribution in [0, 0.1) is 17.8 Å². The van der Waals surface area contributed by atoms with E-state index in [0.717, 1.165) is 33.5 Å². The summed E-state index contributed by atoms with van der Waals surface area (Å²) in [6.45, 7) is 2.46. The maximum Gasteiger partial charge on any atom is 0.234 e. The van der Waals surface area contributed by atoms with Gasteiger partial charge in [-0.2, -0.15) is 0 Å². The summed E-state index contributed by atoms with van der Waals surface area (Å²) in [4.78, 5) is 12.6.